The van der Waals surface area contributed by atoms with E-state index >= 15 is 0 Å². The van der Waals surface area contributed by atoms with Crippen molar-refractivity contribution in [2.24, 2.45) is 11.3 Å². The van der Waals surface area contributed by atoms with E-state index in [9.17, 15) is 23.1 Å². The SMILES string of the molecule is C[C@]1(CC(=O)O)C[C@H](c2cccc(I)c2)C(c2ccc(Cl)cc2)N(C(CNS(C)(=O)=O)C2CC2)C1=O. The molecular formula is C26H30ClIN2O5S. The Hall–Kier alpha value is -1.69. The van der Waals surface area contributed by atoms with Crippen LogP contribution >= 0.6 is 34.2 Å². The van der Waals surface area contributed by atoms with Crippen LogP contribution < -0.4 is 4.72 Å². The maximum Gasteiger partial charge on any atom is 0.304 e. The Morgan fingerprint density at radius 3 is 2.44 bits per heavy atom. The first-order valence-electron chi connectivity index (χ1n) is 11.9. The number of carbonyl (C=O) groups excluding carboxylic acids is 1. The number of aliphatic carboxylic acids is 1. The molecule has 1 saturated carbocycles. The van der Waals surface area contributed by atoms with Crippen molar-refractivity contribution in [1.29, 1.82) is 0 Å². The zero-order chi connectivity index (χ0) is 26.3. The van der Waals surface area contributed by atoms with Crippen molar-refractivity contribution in [3.63, 3.8) is 0 Å². The number of carboxylic acids is 1. The maximum absolute atomic E-state index is 14.2. The molecule has 0 aromatic heterocycles. The number of hydrogen-bond donors (Lipinski definition) is 2. The van der Waals surface area contributed by atoms with Crippen molar-refractivity contribution >= 4 is 56.1 Å². The van der Waals surface area contributed by atoms with Gasteiger partial charge in [0.1, 0.15) is 0 Å². The number of rotatable bonds is 9. The first-order valence-corrected chi connectivity index (χ1v) is 15.2. The number of amides is 1. The largest absolute Gasteiger partial charge is 0.481 e. The van der Waals surface area contributed by atoms with E-state index in [1.54, 1.807) is 24.0 Å². The van der Waals surface area contributed by atoms with Crippen LogP contribution in [0.15, 0.2) is 48.5 Å². The number of hydrogen-bond acceptors (Lipinski definition) is 4. The summed E-state index contributed by atoms with van der Waals surface area (Å²) in [5.74, 6) is -1.34. The average molecular weight is 645 g/mol. The van der Waals surface area contributed by atoms with Gasteiger partial charge in [-0.25, -0.2) is 13.1 Å². The summed E-state index contributed by atoms with van der Waals surface area (Å²) in [4.78, 5) is 27.9. The summed E-state index contributed by atoms with van der Waals surface area (Å²) in [5.41, 5.74) is 0.763. The van der Waals surface area contributed by atoms with Gasteiger partial charge in [0.2, 0.25) is 15.9 Å². The van der Waals surface area contributed by atoms with Crippen LogP contribution in [0, 0.1) is 14.9 Å². The highest BCUT2D eigenvalue weighted by Gasteiger charge is 2.54. The number of nitrogens with one attached hydrogen (secondary N) is 1. The third-order valence-electron chi connectivity index (χ3n) is 7.21. The van der Waals surface area contributed by atoms with E-state index in [0.29, 0.717) is 11.4 Å². The highest BCUT2D eigenvalue weighted by Crippen LogP contribution is 2.53. The Labute approximate surface area is 230 Å². The molecule has 2 fully saturated rings. The number of nitrogens with zero attached hydrogens (tertiary/aromatic N) is 1. The zero-order valence-corrected chi connectivity index (χ0v) is 23.9. The highest BCUT2D eigenvalue weighted by molar-refractivity contribution is 14.1. The number of halogens is 2. The van der Waals surface area contributed by atoms with Crippen molar-refractivity contribution in [2.45, 2.75) is 50.6 Å². The van der Waals surface area contributed by atoms with E-state index in [-0.39, 0.29) is 30.7 Å². The quantitative estimate of drug-likeness (QED) is 0.382. The second-order valence-corrected chi connectivity index (χ2v) is 13.7. The Morgan fingerprint density at radius 1 is 1.22 bits per heavy atom. The minimum absolute atomic E-state index is 0.0848. The molecule has 1 saturated heterocycles. The smallest absolute Gasteiger partial charge is 0.304 e. The lowest BCUT2D eigenvalue weighted by molar-refractivity contribution is -0.161. The van der Waals surface area contributed by atoms with Crippen molar-refractivity contribution in [3.8, 4) is 0 Å². The third-order valence-corrected chi connectivity index (χ3v) is 8.82. The lowest BCUT2D eigenvalue weighted by atomic mass is 9.67. The lowest BCUT2D eigenvalue weighted by Crippen LogP contribution is -2.59. The normalized spacial score (nSPS) is 25.6. The van der Waals surface area contributed by atoms with Crippen LogP contribution in [0.1, 0.15) is 55.7 Å². The molecule has 2 unspecified atom stereocenters. The molecule has 2 aliphatic rings. The maximum atomic E-state index is 14.2. The number of piperidine rings is 1. The number of sulfonamides is 1. The summed E-state index contributed by atoms with van der Waals surface area (Å²) in [7, 11) is -3.49. The Balaban J connectivity index is 1.89. The van der Waals surface area contributed by atoms with E-state index in [0.717, 1.165) is 33.8 Å². The first-order chi connectivity index (χ1) is 16.9. The molecule has 36 heavy (non-hydrogen) atoms. The van der Waals surface area contributed by atoms with Gasteiger partial charge in [0.15, 0.2) is 0 Å². The van der Waals surface area contributed by atoms with Gasteiger partial charge in [0.05, 0.1) is 24.1 Å². The van der Waals surface area contributed by atoms with Crippen molar-refractivity contribution in [3.05, 3.63) is 68.3 Å². The molecule has 1 aliphatic heterocycles. The van der Waals surface area contributed by atoms with E-state index in [4.69, 9.17) is 11.6 Å². The number of likely N-dealkylation sites (tertiary alicyclic amines) is 1. The summed E-state index contributed by atoms with van der Waals surface area (Å²) >= 11 is 8.44. The molecule has 7 nitrogen and oxygen atoms in total. The molecule has 0 bridgehead atoms. The van der Waals surface area contributed by atoms with Gasteiger partial charge in [-0.2, -0.15) is 0 Å². The molecular weight excluding hydrogens is 615 g/mol. The van der Waals surface area contributed by atoms with Gasteiger partial charge in [0, 0.05) is 27.1 Å². The Bertz CT molecular complexity index is 1250. The molecule has 10 heteroatoms. The number of carbonyl (C=O) groups is 2. The summed E-state index contributed by atoms with van der Waals surface area (Å²) in [6, 6.07) is 14.6. The van der Waals surface area contributed by atoms with Crippen molar-refractivity contribution in [1.82, 2.24) is 9.62 Å². The predicted octanol–water partition coefficient (Wildman–Crippen LogP) is 4.81. The van der Waals surface area contributed by atoms with Gasteiger partial charge in [-0.05, 0) is 83.2 Å². The Kier molecular flexibility index (Phi) is 8.04. The second-order valence-electron chi connectivity index (χ2n) is 10.2. The third kappa shape index (κ3) is 6.23. The molecule has 194 valence electrons. The molecule has 1 heterocycles. The first kappa shape index (κ1) is 27.3. The minimum Gasteiger partial charge on any atom is -0.481 e. The van der Waals surface area contributed by atoms with Crippen LogP contribution in [-0.2, 0) is 19.6 Å². The van der Waals surface area contributed by atoms with Gasteiger partial charge < -0.3 is 10.0 Å². The molecule has 1 aliphatic carbocycles. The second kappa shape index (κ2) is 10.6. The molecule has 2 aromatic rings. The monoisotopic (exact) mass is 644 g/mol. The molecule has 4 atom stereocenters. The topological polar surface area (TPSA) is 104 Å². The summed E-state index contributed by atoms with van der Waals surface area (Å²) in [6.45, 7) is 1.81. The molecule has 0 spiro atoms. The van der Waals surface area contributed by atoms with Crippen LogP contribution in [0.2, 0.25) is 5.02 Å². The summed E-state index contributed by atoms with van der Waals surface area (Å²) < 4.78 is 27.7. The van der Waals surface area contributed by atoms with Crippen LogP contribution in [0.4, 0.5) is 0 Å². The van der Waals surface area contributed by atoms with Gasteiger partial charge in [0.25, 0.3) is 0 Å². The van der Waals surface area contributed by atoms with E-state index in [1.165, 1.54) is 0 Å². The molecule has 2 aromatic carbocycles. The average Bonchev–Trinajstić information content (AvgIpc) is 3.61. The zero-order valence-electron chi connectivity index (χ0n) is 20.2. The van der Waals surface area contributed by atoms with Gasteiger partial charge >= 0.3 is 5.97 Å². The standard InChI is InChI=1S/C26H30ClIN2O5S/c1-26(14-23(31)32)13-21(18-4-3-5-20(28)12-18)24(17-8-10-19(27)11-9-17)30(25(26)33)22(16-6-7-16)15-29-36(2,34)35/h3-5,8-12,16,21-22,24,29H,6-7,13-15H2,1-2H3,(H,31,32)/t21-,22?,24?,26-/m1/s1. The molecule has 1 amide bonds. The van der Waals surface area contributed by atoms with Gasteiger partial charge in [-0.15, -0.1) is 0 Å². The highest BCUT2D eigenvalue weighted by atomic mass is 127. The molecule has 4 rings (SSSR count). The molecule has 0 radical (unpaired) electrons. The predicted molar refractivity (Wildman–Crippen MR) is 147 cm³/mol. The van der Waals surface area contributed by atoms with Gasteiger partial charge in [-0.3, -0.25) is 9.59 Å². The fraction of sp³-hybridized carbons (Fsp3) is 0.462. The number of benzene rings is 2. The molecule has 2 N–H and O–H groups in total. The van der Waals surface area contributed by atoms with Crippen molar-refractivity contribution in [2.75, 3.05) is 12.8 Å². The van der Waals surface area contributed by atoms with E-state index in [2.05, 4.69) is 33.4 Å². The Morgan fingerprint density at radius 2 is 1.89 bits per heavy atom. The number of carboxylic acid groups (broad SMARTS) is 1. The lowest BCUT2D eigenvalue weighted by Gasteiger charge is -2.52. The van der Waals surface area contributed by atoms with Crippen LogP contribution in [0.25, 0.3) is 0 Å². The minimum atomic E-state index is -3.49. The summed E-state index contributed by atoms with van der Waals surface area (Å²) in [6.07, 6.45) is 2.94. The van der Waals surface area contributed by atoms with Crippen molar-refractivity contribution < 1.29 is 23.1 Å². The van der Waals surface area contributed by atoms with Crippen LogP contribution in [-0.4, -0.2) is 49.1 Å². The summed E-state index contributed by atoms with van der Waals surface area (Å²) in [5, 5.41) is 10.3. The van der Waals surface area contributed by atoms with Crippen LogP contribution in [0.5, 0.6) is 0 Å². The van der Waals surface area contributed by atoms with Gasteiger partial charge in [-0.1, -0.05) is 42.8 Å². The fourth-order valence-corrected chi connectivity index (χ4v) is 6.62. The van der Waals surface area contributed by atoms with E-state index < -0.39 is 33.5 Å². The fourth-order valence-electron chi connectivity index (χ4n) is 5.45. The van der Waals surface area contributed by atoms with E-state index in [1.807, 2.05) is 30.3 Å². The van der Waals surface area contributed by atoms with Crippen LogP contribution in [0.3, 0.4) is 0 Å².